The summed E-state index contributed by atoms with van der Waals surface area (Å²) < 4.78 is 71.2. The highest BCUT2D eigenvalue weighted by atomic mass is 35.5. The lowest BCUT2D eigenvalue weighted by Crippen LogP contribution is -2.60. The largest absolute Gasteiger partial charge is 0.435 e. The molecule has 0 N–H and O–H groups in total. The second-order valence-corrected chi connectivity index (χ2v) is 9.45. The minimum atomic E-state index is -4.95. The van der Waals surface area contributed by atoms with Crippen molar-refractivity contribution in [3.05, 3.63) is 63.1 Å². The molecule has 0 aliphatic carbocycles. The first kappa shape index (κ1) is 24.7. The first-order chi connectivity index (χ1) is 15.8. The predicted octanol–water partition coefficient (Wildman–Crippen LogP) is 5.77. The van der Waals surface area contributed by atoms with Gasteiger partial charge in [-0.05, 0) is 24.3 Å². The van der Waals surface area contributed by atoms with Crippen molar-refractivity contribution in [1.29, 1.82) is 0 Å². The van der Waals surface area contributed by atoms with Gasteiger partial charge in [0.25, 0.3) is 5.60 Å². The molecule has 34 heavy (non-hydrogen) atoms. The van der Waals surface area contributed by atoms with E-state index in [1.807, 2.05) is 0 Å². The molecule has 1 unspecified atom stereocenters. The quantitative estimate of drug-likeness (QED) is 0.379. The molecule has 1 amide bonds. The molecule has 4 rings (SSSR count). The van der Waals surface area contributed by atoms with Gasteiger partial charge in [-0.3, -0.25) is 9.78 Å². The van der Waals surface area contributed by atoms with Gasteiger partial charge in [0.05, 0.1) is 41.0 Å². The number of pyridine rings is 1. The van der Waals surface area contributed by atoms with Gasteiger partial charge in [0.1, 0.15) is 0 Å². The Morgan fingerprint density at radius 1 is 1.18 bits per heavy atom. The lowest BCUT2D eigenvalue weighted by atomic mass is 9.86. The topological polar surface area (TPSA) is 54.8 Å². The van der Waals surface area contributed by atoms with Crippen LogP contribution in [0.15, 0.2) is 35.6 Å². The van der Waals surface area contributed by atoms with Crippen molar-refractivity contribution in [3.8, 4) is 0 Å². The highest BCUT2D eigenvalue weighted by molar-refractivity contribution is 6.35. The number of carbonyl (C=O) groups is 1. The number of hydrogen-bond donors (Lipinski definition) is 0. The van der Waals surface area contributed by atoms with Crippen LogP contribution in [0.5, 0.6) is 0 Å². The van der Waals surface area contributed by atoms with Crippen molar-refractivity contribution in [1.82, 2.24) is 9.88 Å². The van der Waals surface area contributed by atoms with Crippen molar-refractivity contribution in [2.24, 2.45) is 11.1 Å². The van der Waals surface area contributed by atoms with Crippen molar-refractivity contribution in [2.75, 3.05) is 13.1 Å². The van der Waals surface area contributed by atoms with Crippen LogP contribution in [0.3, 0.4) is 0 Å². The van der Waals surface area contributed by atoms with Crippen LogP contribution in [0.4, 0.5) is 22.0 Å². The van der Waals surface area contributed by atoms with E-state index in [2.05, 4.69) is 10.1 Å². The number of aromatic nitrogens is 1. The van der Waals surface area contributed by atoms with Gasteiger partial charge in [-0.1, -0.05) is 42.2 Å². The van der Waals surface area contributed by atoms with E-state index in [1.54, 1.807) is 13.8 Å². The van der Waals surface area contributed by atoms with Gasteiger partial charge in [-0.25, -0.2) is 8.78 Å². The molecule has 2 aliphatic heterocycles. The zero-order chi connectivity index (χ0) is 25.1. The fourth-order valence-corrected chi connectivity index (χ4v) is 4.41. The van der Waals surface area contributed by atoms with Gasteiger partial charge in [-0.15, -0.1) is 0 Å². The van der Waals surface area contributed by atoms with E-state index >= 15 is 4.39 Å². The number of alkyl halides is 4. The minimum absolute atomic E-state index is 0.0581. The van der Waals surface area contributed by atoms with Crippen molar-refractivity contribution < 1.29 is 31.6 Å². The number of hydrogen-bond acceptors (Lipinski definition) is 4. The molecule has 12 heteroatoms. The molecule has 0 saturated carbocycles. The van der Waals surface area contributed by atoms with Crippen LogP contribution in [-0.2, 0) is 20.9 Å². The van der Waals surface area contributed by atoms with Crippen LogP contribution in [0, 0.1) is 11.7 Å². The van der Waals surface area contributed by atoms with Crippen LogP contribution in [0.2, 0.25) is 10.0 Å². The van der Waals surface area contributed by atoms with Crippen LogP contribution in [-0.4, -0.2) is 40.8 Å². The van der Waals surface area contributed by atoms with Crippen LogP contribution < -0.4 is 0 Å². The molecule has 1 aromatic carbocycles. The molecule has 1 atom stereocenters. The zero-order valence-electron chi connectivity index (χ0n) is 17.9. The van der Waals surface area contributed by atoms with Gasteiger partial charge >= 0.3 is 6.18 Å². The average Bonchev–Trinajstić information content (AvgIpc) is 3.21. The second kappa shape index (κ2) is 8.34. The van der Waals surface area contributed by atoms with E-state index in [0.717, 1.165) is 12.1 Å². The Kier molecular flexibility index (Phi) is 6.05. The maximum Gasteiger partial charge on any atom is 0.435 e. The molecule has 1 aromatic heterocycles. The first-order valence-electron chi connectivity index (χ1n) is 10.2. The summed E-state index contributed by atoms with van der Waals surface area (Å²) >= 11 is 11.4. The molecule has 3 heterocycles. The third-order valence-corrected chi connectivity index (χ3v) is 6.43. The molecule has 5 nitrogen and oxygen atoms in total. The number of amides is 1. The number of likely N-dealkylation sites (tertiary alicyclic amines) is 1. The fraction of sp³-hybridized carbons (Fsp3) is 0.409. The van der Waals surface area contributed by atoms with Gasteiger partial charge in [-0.2, -0.15) is 13.2 Å². The molecular weight excluding hydrogens is 504 g/mol. The highest BCUT2D eigenvalue weighted by Crippen LogP contribution is 2.50. The maximum absolute atomic E-state index is 15.1. The standard InChI is InChI=1S/C22H18Cl2F5N3O2/c1-11(2)19(33)32-9-20(26,10-32)17-4-3-12(8-30-17)16-7-21(34-31-16,22(27,28)29)13-5-14(23)18(25)15(24)6-13/h3-6,8,11H,7,9-10H2,1-2H3. The minimum Gasteiger partial charge on any atom is -0.374 e. The molecule has 0 radical (unpaired) electrons. The Balaban J connectivity index is 1.56. The van der Waals surface area contributed by atoms with Gasteiger partial charge in [0.15, 0.2) is 11.5 Å². The summed E-state index contributed by atoms with van der Waals surface area (Å²) in [6, 6.07) is 4.32. The van der Waals surface area contributed by atoms with Gasteiger partial charge in [0, 0.05) is 23.2 Å². The van der Waals surface area contributed by atoms with E-state index < -0.39 is 45.3 Å². The summed E-state index contributed by atoms with van der Waals surface area (Å²) in [7, 11) is 0. The predicted molar refractivity (Wildman–Crippen MR) is 115 cm³/mol. The van der Waals surface area contributed by atoms with Crippen molar-refractivity contribution in [3.63, 3.8) is 0 Å². The Bertz CT molecular complexity index is 1140. The van der Waals surface area contributed by atoms with Gasteiger partial charge < -0.3 is 9.74 Å². The summed E-state index contributed by atoms with van der Waals surface area (Å²) in [5.41, 5.74) is -5.13. The molecule has 0 bridgehead atoms. The van der Waals surface area contributed by atoms with Gasteiger partial charge in [0.2, 0.25) is 5.91 Å². The molecule has 2 aliphatic rings. The molecular formula is C22H18Cl2F5N3O2. The third-order valence-electron chi connectivity index (χ3n) is 5.88. The zero-order valence-corrected chi connectivity index (χ0v) is 19.4. The van der Waals surface area contributed by atoms with Crippen LogP contribution >= 0.6 is 23.2 Å². The Morgan fingerprint density at radius 2 is 1.79 bits per heavy atom. The van der Waals surface area contributed by atoms with Crippen LogP contribution in [0.25, 0.3) is 0 Å². The van der Waals surface area contributed by atoms with Crippen molar-refractivity contribution in [2.45, 2.75) is 37.7 Å². The summed E-state index contributed by atoms with van der Waals surface area (Å²) in [6.45, 7) is 3.13. The number of rotatable bonds is 4. The lowest BCUT2D eigenvalue weighted by molar-refractivity contribution is -0.275. The molecule has 182 valence electrons. The fourth-order valence-electron chi connectivity index (χ4n) is 3.92. The number of oxime groups is 1. The Morgan fingerprint density at radius 3 is 2.29 bits per heavy atom. The normalized spacial score (nSPS) is 21.8. The number of carbonyl (C=O) groups excluding carboxylic acids is 1. The monoisotopic (exact) mass is 521 g/mol. The first-order valence-corrected chi connectivity index (χ1v) is 10.9. The molecule has 1 saturated heterocycles. The Labute approximate surface area is 201 Å². The number of halogens is 7. The summed E-state index contributed by atoms with van der Waals surface area (Å²) in [5, 5.41) is 2.42. The molecule has 0 spiro atoms. The van der Waals surface area contributed by atoms with Crippen molar-refractivity contribution >= 4 is 34.8 Å². The lowest BCUT2D eigenvalue weighted by Gasteiger charge is -2.44. The third kappa shape index (κ3) is 4.00. The average molecular weight is 522 g/mol. The Hall–Kier alpha value is -2.46. The van der Waals surface area contributed by atoms with E-state index in [1.165, 1.54) is 23.2 Å². The SMILES string of the molecule is CC(C)C(=O)N1CC(F)(c2ccc(C3=NOC(c4cc(Cl)c(F)c(Cl)c4)(C(F)(F)F)C3)cn2)C1. The number of nitrogens with zero attached hydrogens (tertiary/aromatic N) is 3. The van der Waals surface area contributed by atoms with E-state index in [9.17, 15) is 22.4 Å². The number of benzene rings is 1. The highest BCUT2D eigenvalue weighted by Gasteiger charge is 2.62. The second-order valence-electron chi connectivity index (χ2n) is 8.63. The van der Waals surface area contributed by atoms with E-state index in [-0.39, 0.29) is 41.9 Å². The summed E-state index contributed by atoms with van der Waals surface area (Å²) in [4.78, 5) is 22.3. The summed E-state index contributed by atoms with van der Waals surface area (Å²) in [6.07, 6.45) is -4.51. The smallest absolute Gasteiger partial charge is 0.374 e. The molecule has 1 fully saturated rings. The maximum atomic E-state index is 15.1. The van der Waals surface area contributed by atoms with Crippen LogP contribution in [0.1, 0.15) is 37.1 Å². The van der Waals surface area contributed by atoms with E-state index in [4.69, 9.17) is 28.0 Å². The summed E-state index contributed by atoms with van der Waals surface area (Å²) in [5.74, 6) is -1.49. The van der Waals surface area contributed by atoms with E-state index in [0.29, 0.717) is 0 Å². The molecule has 2 aromatic rings.